The van der Waals surface area contributed by atoms with Gasteiger partial charge in [-0.05, 0) is 31.2 Å². The average Bonchev–Trinajstić information content (AvgIpc) is 3.04. The van der Waals surface area contributed by atoms with Crippen molar-refractivity contribution in [1.29, 1.82) is 0 Å². The van der Waals surface area contributed by atoms with E-state index in [1.807, 2.05) is 49.4 Å². The van der Waals surface area contributed by atoms with Crippen LogP contribution in [0.15, 0.2) is 72.9 Å². The molecule has 0 aliphatic heterocycles. The van der Waals surface area contributed by atoms with E-state index in [0.29, 0.717) is 17.0 Å². The molecule has 1 heterocycles. The highest BCUT2D eigenvalue weighted by Crippen LogP contribution is 2.19. The molecule has 0 saturated carbocycles. The first-order valence-electron chi connectivity index (χ1n) is 7.09. The lowest BCUT2D eigenvalue weighted by Gasteiger charge is -2.07. The summed E-state index contributed by atoms with van der Waals surface area (Å²) in [4.78, 5) is 17.7. The van der Waals surface area contributed by atoms with Gasteiger partial charge in [0.15, 0.2) is 18.0 Å². The summed E-state index contributed by atoms with van der Waals surface area (Å²) >= 11 is 0.948. The van der Waals surface area contributed by atoms with Gasteiger partial charge >= 0.3 is 0 Å². The fraction of sp³-hybridized carbons (Fsp3) is 0.0556. The van der Waals surface area contributed by atoms with Gasteiger partial charge in [0.1, 0.15) is 5.69 Å². The standard InChI is InChI=1S/C18H15NO3S/c1-14-9-11-15(12-10-14)18(20)17-8-5-13-19(17)23-22-21-16-6-3-2-4-7-16/h2-13H,1H3. The topological polar surface area (TPSA) is 40.5 Å². The Morgan fingerprint density at radius 1 is 0.957 bits per heavy atom. The van der Waals surface area contributed by atoms with Gasteiger partial charge < -0.3 is 4.89 Å². The summed E-state index contributed by atoms with van der Waals surface area (Å²) in [5, 5.41) is 0. The molecular formula is C18H15NO3S. The quantitative estimate of drug-likeness (QED) is 0.290. The van der Waals surface area contributed by atoms with E-state index in [4.69, 9.17) is 9.22 Å². The smallest absolute Gasteiger partial charge is 0.210 e. The molecule has 0 unspecified atom stereocenters. The molecule has 2 aromatic carbocycles. The molecule has 3 rings (SSSR count). The molecule has 0 fully saturated rings. The highest BCUT2D eigenvalue weighted by molar-refractivity contribution is 7.93. The largest absolute Gasteiger partial charge is 0.324 e. The number of benzene rings is 2. The molecule has 5 heteroatoms. The van der Waals surface area contributed by atoms with Gasteiger partial charge in [0.2, 0.25) is 5.78 Å². The van der Waals surface area contributed by atoms with Crippen molar-refractivity contribution in [3.63, 3.8) is 0 Å². The number of nitrogens with zero attached hydrogens (tertiary/aromatic N) is 1. The van der Waals surface area contributed by atoms with Crippen LogP contribution in [-0.2, 0) is 4.33 Å². The molecule has 0 radical (unpaired) electrons. The minimum absolute atomic E-state index is 0.0641. The fourth-order valence-electron chi connectivity index (χ4n) is 2.02. The van der Waals surface area contributed by atoms with Gasteiger partial charge in [-0.3, -0.25) is 8.77 Å². The molecule has 116 valence electrons. The van der Waals surface area contributed by atoms with E-state index >= 15 is 0 Å². The number of hydrogen-bond acceptors (Lipinski definition) is 4. The molecule has 23 heavy (non-hydrogen) atoms. The third-order valence-electron chi connectivity index (χ3n) is 3.24. The Morgan fingerprint density at radius 2 is 1.70 bits per heavy atom. The van der Waals surface area contributed by atoms with Crippen LogP contribution in [0.4, 0.5) is 0 Å². The lowest BCUT2D eigenvalue weighted by atomic mass is 10.1. The molecule has 0 aliphatic rings. The van der Waals surface area contributed by atoms with Crippen LogP contribution < -0.4 is 4.89 Å². The third kappa shape index (κ3) is 3.83. The first-order chi connectivity index (χ1) is 11.2. The zero-order chi connectivity index (χ0) is 16.1. The SMILES string of the molecule is Cc1ccc(C(=O)c2cccn2SOOc2ccccc2)cc1. The molecule has 0 aliphatic carbocycles. The van der Waals surface area contributed by atoms with Crippen LogP contribution in [0.25, 0.3) is 0 Å². The molecule has 0 N–H and O–H groups in total. The lowest BCUT2D eigenvalue weighted by Crippen LogP contribution is -2.07. The van der Waals surface area contributed by atoms with E-state index < -0.39 is 0 Å². The second kappa shape index (κ2) is 7.17. The highest BCUT2D eigenvalue weighted by Gasteiger charge is 2.14. The van der Waals surface area contributed by atoms with E-state index in [0.717, 1.165) is 17.8 Å². The second-order valence-electron chi connectivity index (χ2n) is 4.95. The summed E-state index contributed by atoms with van der Waals surface area (Å²) in [5.74, 6) is 0.532. The van der Waals surface area contributed by atoms with Crippen molar-refractivity contribution in [2.24, 2.45) is 0 Å². The van der Waals surface area contributed by atoms with Gasteiger partial charge in [-0.1, -0.05) is 52.4 Å². The number of aryl methyl sites for hydroxylation is 1. The van der Waals surface area contributed by atoms with Crippen molar-refractivity contribution in [3.05, 3.63) is 89.7 Å². The summed E-state index contributed by atoms with van der Waals surface area (Å²) in [7, 11) is 0. The van der Waals surface area contributed by atoms with Gasteiger partial charge in [-0.2, -0.15) is 0 Å². The van der Waals surface area contributed by atoms with E-state index in [-0.39, 0.29) is 5.78 Å². The number of hydrogen-bond donors (Lipinski definition) is 0. The Labute approximate surface area is 138 Å². The zero-order valence-electron chi connectivity index (χ0n) is 12.5. The Kier molecular flexibility index (Phi) is 4.80. The molecule has 0 amide bonds. The van der Waals surface area contributed by atoms with Crippen molar-refractivity contribution in [2.75, 3.05) is 0 Å². The number of ketones is 1. The van der Waals surface area contributed by atoms with Crippen LogP contribution in [0.3, 0.4) is 0 Å². The van der Waals surface area contributed by atoms with Crippen molar-refractivity contribution < 1.29 is 14.0 Å². The van der Waals surface area contributed by atoms with Gasteiger partial charge in [0, 0.05) is 11.8 Å². The predicted octanol–water partition coefficient (Wildman–Crippen LogP) is 4.45. The minimum Gasteiger partial charge on any atom is -0.324 e. The van der Waals surface area contributed by atoms with Crippen molar-refractivity contribution in [1.82, 2.24) is 3.97 Å². The normalized spacial score (nSPS) is 10.5. The average molecular weight is 325 g/mol. The molecule has 0 bridgehead atoms. The molecule has 0 atom stereocenters. The molecular weight excluding hydrogens is 310 g/mol. The molecule has 1 aromatic heterocycles. The van der Waals surface area contributed by atoms with Gasteiger partial charge in [0.05, 0.1) is 0 Å². The molecule has 0 saturated heterocycles. The van der Waals surface area contributed by atoms with Gasteiger partial charge in [-0.15, -0.1) is 0 Å². The molecule has 4 nitrogen and oxygen atoms in total. The zero-order valence-corrected chi connectivity index (χ0v) is 13.3. The van der Waals surface area contributed by atoms with Crippen LogP contribution in [0, 0.1) is 6.92 Å². The van der Waals surface area contributed by atoms with Crippen molar-refractivity contribution in [3.8, 4) is 5.75 Å². The Balaban J connectivity index is 1.67. The Morgan fingerprint density at radius 3 is 2.43 bits per heavy atom. The number of aromatic nitrogens is 1. The van der Waals surface area contributed by atoms with Crippen LogP contribution >= 0.6 is 12.2 Å². The van der Waals surface area contributed by atoms with Gasteiger partial charge in [0.25, 0.3) is 0 Å². The van der Waals surface area contributed by atoms with Crippen LogP contribution in [0.5, 0.6) is 5.75 Å². The maximum Gasteiger partial charge on any atom is 0.210 e. The maximum atomic E-state index is 12.5. The summed E-state index contributed by atoms with van der Waals surface area (Å²) in [6, 6.07) is 20.2. The fourth-order valence-corrected chi connectivity index (χ4v) is 2.54. The lowest BCUT2D eigenvalue weighted by molar-refractivity contribution is -0.0786. The summed E-state index contributed by atoms with van der Waals surface area (Å²) in [6.45, 7) is 1.99. The van der Waals surface area contributed by atoms with E-state index in [1.54, 1.807) is 34.4 Å². The van der Waals surface area contributed by atoms with E-state index in [1.165, 1.54) is 0 Å². The summed E-state index contributed by atoms with van der Waals surface area (Å²) in [6.07, 6.45) is 1.75. The highest BCUT2D eigenvalue weighted by atomic mass is 32.2. The van der Waals surface area contributed by atoms with Crippen LogP contribution in [-0.4, -0.2) is 9.76 Å². The number of para-hydroxylation sites is 1. The predicted molar refractivity (Wildman–Crippen MR) is 90.2 cm³/mol. The first-order valence-corrected chi connectivity index (χ1v) is 7.79. The Bertz CT molecular complexity index is 782. The van der Waals surface area contributed by atoms with Gasteiger partial charge in [-0.25, -0.2) is 0 Å². The summed E-state index contributed by atoms with van der Waals surface area (Å²) < 4.78 is 6.77. The third-order valence-corrected chi connectivity index (χ3v) is 3.85. The van der Waals surface area contributed by atoms with Crippen LogP contribution in [0.2, 0.25) is 0 Å². The van der Waals surface area contributed by atoms with Crippen molar-refractivity contribution >= 4 is 18.0 Å². The minimum atomic E-state index is -0.0641. The molecule has 3 aromatic rings. The van der Waals surface area contributed by atoms with Crippen LogP contribution in [0.1, 0.15) is 21.6 Å². The summed E-state index contributed by atoms with van der Waals surface area (Å²) in [5.41, 5.74) is 2.28. The maximum absolute atomic E-state index is 12.5. The Hall–Kier alpha value is -2.50. The van der Waals surface area contributed by atoms with Crippen molar-refractivity contribution in [2.45, 2.75) is 6.92 Å². The van der Waals surface area contributed by atoms with E-state index in [2.05, 4.69) is 0 Å². The van der Waals surface area contributed by atoms with E-state index in [9.17, 15) is 4.79 Å². The number of carbonyl (C=O) groups is 1. The number of carbonyl (C=O) groups excluding carboxylic acids is 1. The second-order valence-corrected chi connectivity index (χ2v) is 5.63. The number of rotatable bonds is 6. The molecule has 0 spiro atoms. The monoisotopic (exact) mass is 325 g/mol. The first kappa shape index (κ1) is 15.4.